The Morgan fingerprint density at radius 2 is 2.24 bits per heavy atom. The molecule has 0 spiro atoms. The molecule has 0 aromatic carbocycles. The topological polar surface area (TPSA) is 60.9 Å². The molecule has 17 heavy (non-hydrogen) atoms. The van der Waals surface area contributed by atoms with Crippen LogP contribution in [0, 0.1) is 0 Å². The normalized spacial score (nSPS) is 11.7. The van der Waals surface area contributed by atoms with E-state index in [0.29, 0.717) is 5.82 Å². The molecule has 0 saturated carbocycles. The average molecular weight is 245 g/mol. The molecule has 0 N–H and O–H groups in total. The summed E-state index contributed by atoms with van der Waals surface area (Å²) in [6.07, 6.45) is -1.32. The van der Waals surface area contributed by atoms with Crippen LogP contribution < -0.4 is 0 Å². The predicted molar refractivity (Wildman–Crippen MR) is 48.2 cm³/mol. The van der Waals surface area contributed by atoms with Crippen molar-refractivity contribution in [2.75, 3.05) is 0 Å². The van der Waals surface area contributed by atoms with Crippen molar-refractivity contribution in [2.24, 2.45) is 0 Å². The lowest BCUT2D eigenvalue weighted by Gasteiger charge is -2.02. The molecule has 0 saturated heterocycles. The van der Waals surface area contributed by atoms with E-state index in [1.54, 1.807) is 0 Å². The van der Waals surface area contributed by atoms with E-state index >= 15 is 0 Å². The Morgan fingerprint density at radius 3 is 2.82 bits per heavy atom. The van der Waals surface area contributed by atoms with Crippen LogP contribution in [0.5, 0.6) is 0 Å². The first-order valence-electron chi connectivity index (χ1n) is 4.49. The standard InChI is InChI=1S/C9H6F3N3O2/c10-9(11,12)8(16)6-1-2-15(3-6)4-7-13-5-17-14-7/h1-3,5H,4H2. The van der Waals surface area contributed by atoms with Gasteiger partial charge in [0.1, 0.15) is 0 Å². The van der Waals surface area contributed by atoms with Gasteiger partial charge in [-0.05, 0) is 6.07 Å². The summed E-state index contributed by atoms with van der Waals surface area (Å²) in [7, 11) is 0. The van der Waals surface area contributed by atoms with Crippen LogP contribution in [-0.2, 0) is 6.54 Å². The van der Waals surface area contributed by atoms with Crippen molar-refractivity contribution in [1.29, 1.82) is 0 Å². The van der Waals surface area contributed by atoms with E-state index in [4.69, 9.17) is 0 Å². The number of aromatic nitrogens is 3. The molecule has 90 valence electrons. The first kappa shape index (κ1) is 11.4. The van der Waals surface area contributed by atoms with Gasteiger partial charge in [0.25, 0.3) is 5.78 Å². The Morgan fingerprint density at radius 1 is 1.47 bits per heavy atom. The zero-order valence-electron chi connectivity index (χ0n) is 8.31. The minimum Gasteiger partial charge on any atom is -0.346 e. The minimum absolute atomic E-state index is 0.141. The number of Topliss-reactive ketones (excluding diaryl/α,β-unsaturated/α-hetero) is 1. The second-order valence-corrected chi connectivity index (χ2v) is 3.25. The zero-order chi connectivity index (χ0) is 12.5. The van der Waals surface area contributed by atoms with Crippen LogP contribution in [-0.4, -0.2) is 26.7 Å². The zero-order valence-corrected chi connectivity index (χ0v) is 8.31. The Kier molecular flexibility index (Phi) is 2.70. The summed E-state index contributed by atoms with van der Waals surface area (Å²) in [5.74, 6) is -1.56. The summed E-state index contributed by atoms with van der Waals surface area (Å²) >= 11 is 0. The van der Waals surface area contributed by atoms with Gasteiger partial charge in [-0.15, -0.1) is 0 Å². The van der Waals surface area contributed by atoms with Crippen LogP contribution in [0.15, 0.2) is 29.4 Å². The molecule has 0 amide bonds. The summed E-state index contributed by atoms with van der Waals surface area (Å²) in [5.41, 5.74) is -0.416. The van der Waals surface area contributed by atoms with Crippen molar-refractivity contribution in [2.45, 2.75) is 12.7 Å². The van der Waals surface area contributed by atoms with Gasteiger partial charge in [-0.1, -0.05) is 5.16 Å². The first-order chi connectivity index (χ1) is 7.97. The van der Waals surface area contributed by atoms with E-state index < -0.39 is 17.5 Å². The molecular formula is C9H6F3N3O2. The van der Waals surface area contributed by atoms with Gasteiger partial charge in [-0.25, -0.2) is 0 Å². The van der Waals surface area contributed by atoms with Crippen LogP contribution in [0.1, 0.15) is 16.2 Å². The molecular weight excluding hydrogens is 239 g/mol. The molecule has 0 aliphatic carbocycles. The predicted octanol–water partition coefficient (Wildman–Crippen LogP) is 1.66. The summed E-state index contributed by atoms with van der Waals surface area (Å²) in [6.45, 7) is 0.141. The number of hydrogen-bond donors (Lipinski definition) is 0. The molecule has 0 unspecified atom stereocenters. The number of halogens is 3. The third kappa shape index (κ3) is 2.52. The lowest BCUT2D eigenvalue weighted by molar-refractivity contribution is -0.0885. The fourth-order valence-corrected chi connectivity index (χ4v) is 1.26. The first-order valence-corrected chi connectivity index (χ1v) is 4.49. The summed E-state index contributed by atoms with van der Waals surface area (Å²) in [5, 5.41) is 3.50. The van der Waals surface area contributed by atoms with E-state index in [0.717, 1.165) is 18.7 Å². The molecule has 2 aromatic rings. The largest absolute Gasteiger partial charge is 0.454 e. The lowest BCUT2D eigenvalue weighted by atomic mass is 10.2. The molecule has 0 aliphatic rings. The summed E-state index contributed by atoms with van der Waals surface area (Å²) < 4.78 is 42.2. The van der Waals surface area contributed by atoms with Gasteiger partial charge in [-0.3, -0.25) is 4.79 Å². The number of alkyl halides is 3. The second kappa shape index (κ2) is 4.04. The van der Waals surface area contributed by atoms with Crippen molar-refractivity contribution < 1.29 is 22.5 Å². The van der Waals surface area contributed by atoms with Crippen LogP contribution >= 0.6 is 0 Å². The van der Waals surface area contributed by atoms with Gasteiger partial charge in [-0.2, -0.15) is 18.2 Å². The molecule has 0 radical (unpaired) electrons. The number of carbonyl (C=O) groups is 1. The Bertz CT molecular complexity index is 516. The highest BCUT2D eigenvalue weighted by Gasteiger charge is 2.39. The van der Waals surface area contributed by atoms with Gasteiger partial charge in [0.15, 0.2) is 5.82 Å². The van der Waals surface area contributed by atoms with E-state index in [9.17, 15) is 18.0 Å². The molecule has 0 aliphatic heterocycles. The Labute approximate surface area is 92.8 Å². The maximum absolute atomic E-state index is 12.1. The Hall–Kier alpha value is -2.12. The maximum atomic E-state index is 12.1. The Balaban J connectivity index is 2.14. The summed E-state index contributed by atoms with van der Waals surface area (Å²) in [6, 6.07) is 1.09. The number of nitrogens with zero attached hydrogens (tertiary/aromatic N) is 3. The van der Waals surface area contributed by atoms with Crippen LogP contribution in [0.3, 0.4) is 0 Å². The van der Waals surface area contributed by atoms with E-state index in [2.05, 4.69) is 14.7 Å². The SMILES string of the molecule is O=C(c1ccn(Cc2ncon2)c1)C(F)(F)F. The number of ketones is 1. The monoisotopic (exact) mass is 245 g/mol. The van der Waals surface area contributed by atoms with Gasteiger partial charge in [0, 0.05) is 18.0 Å². The third-order valence-electron chi connectivity index (χ3n) is 2.00. The van der Waals surface area contributed by atoms with Gasteiger partial charge in [0.05, 0.1) is 6.54 Å². The molecule has 0 atom stereocenters. The molecule has 2 rings (SSSR count). The fraction of sp³-hybridized carbons (Fsp3) is 0.222. The fourth-order valence-electron chi connectivity index (χ4n) is 1.26. The number of hydrogen-bond acceptors (Lipinski definition) is 4. The van der Waals surface area contributed by atoms with E-state index in [1.807, 2.05) is 0 Å². The van der Waals surface area contributed by atoms with Gasteiger partial charge in [0.2, 0.25) is 6.39 Å². The molecule has 2 heterocycles. The van der Waals surface area contributed by atoms with Crippen molar-refractivity contribution in [1.82, 2.24) is 14.7 Å². The van der Waals surface area contributed by atoms with Crippen LogP contribution in [0.25, 0.3) is 0 Å². The highest BCUT2D eigenvalue weighted by atomic mass is 19.4. The molecule has 8 heteroatoms. The van der Waals surface area contributed by atoms with E-state index in [-0.39, 0.29) is 6.54 Å². The molecule has 5 nitrogen and oxygen atoms in total. The van der Waals surface area contributed by atoms with Crippen molar-refractivity contribution in [3.05, 3.63) is 36.2 Å². The van der Waals surface area contributed by atoms with Gasteiger partial charge >= 0.3 is 6.18 Å². The van der Waals surface area contributed by atoms with Crippen LogP contribution in [0.2, 0.25) is 0 Å². The van der Waals surface area contributed by atoms with E-state index in [1.165, 1.54) is 10.8 Å². The maximum Gasteiger partial charge on any atom is 0.454 e. The molecule has 0 bridgehead atoms. The number of carbonyl (C=O) groups excluding carboxylic acids is 1. The minimum atomic E-state index is -4.86. The van der Waals surface area contributed by atoms with Crippen molar-refractivity contribution >= 4 is 5.78 Å². The third-order valence-corrected chi connectivity index (χ3v) is 2.00. The van der Waals surface area contributed by atoms with Crippen molar-refractivity contribution in [3.8, 4) is 0 Å². The lowest BCUT2D eigenvalue weighted by Crippen LogP contribution is -2.22. The highest BCUT2D eigenvalue weighted by molar-refractivity contribution is 6.00. The summed E-state index contributed by atoms with van der Waals surface area (Å²) in [4.78, 5) is 14.6. The van der Waals surface area contributed by atoms with Crippen LogP contribution in [0.4, 0.5) is 13.2 Å². The quantitative estimate of drug-likeness (QED) is 0.771. The second-order valence-electron chi connectivity index (χ2n) is 3.25. The average Bonchev–Trinajstić information content (AvgIpc) is 2.87. The van der Waals surface area contributed by atoms with Gasteiger partial charge < -0.3 is 9.09 Å². The molecule has 0 fully saturated rings. The number of rotatable bonds is 3. The highest BCUT2D eigenvalue weighted by Crippen LogP contribution is 2.21. The smallest absolute Gasteiger partial charge is 0.346 e. The van der Waals surface area contributed by atoms with Crippen molar-refractivity contribution in [3.63, 3.8) is 0 Å². The molecule has 2 aromatic heterocycles.